The van der Waals surface area contributed by atoms with Crippen molar-refractivity contribution in [3.05, 3.63) is 28.2 Å². The summed E-state index contributed by atoms with van der Waals surface area (Å²) in [6, 6.07) is 5.78. The van der Waals surface area contributed by atoms with E-state index in [-0.39, 0.29) is 11.9 Å². The molecule has 1 aromatic heterocycles. The van der Waals surface area contributed by atoms with Crippen LogP contribution in [0.2, 0.25) is 4.47 Å². The first-order valence-electron chi connectivity index (χ1n) is 6.00. The van der Waals surface area contributed by atoms with Crippen LogP contribution in [-0.4, -0.2) is 16.9 Å². The van der Waals surface area contributed by atoms with E-state index in [1.54, 1.807) is 6.07 Å². The van der Waals surface area contributed by atoms with Crippen molar-refractivity contribution in [1.29, 1.82) is 0 Å². The van der Waals surface area contributed by atoms with Crippen molar-refractivity contribution in [2.75, 3.05) is 0 Å². The van der Waals surface area contributed by atoms with E-state index in [1.807, 2.05) is 12.1 Å². The third-order valence-electron chi connectivity index (χ3n) is 3.31. The average molecular weight is 281 g/mol. The number of thiazole rings is 1. The predicted octanol–water partition coefficient (Wildman–Crippen LogP) is 3.48. The summed E-state index contributed by atoms with van der Waals surface area (Å²) in [5.41, 5.74) is 1.44. The fraction of sp³-hybridized carbons (Fsp3) is 0.385. The number of aromatic nitrogens is 1. The maximum absolute atomic E-state index is 12.1. The Balaban J connectivity index is 1.81. The molecule has 1 saturated carbocycles. The topological polar surface area (TPSA) is 42.0 Å². The Morgan fingerprint density at radius 2 is 2.33 bits per heavy atom. The Hall–Kier alpha value is -1.13. The van der Waals surface area contributed by atoms with Crippen molar-refractivity contribution in [3.63, 3.8) is 0 Å². The number of rotatable bonds is 3. The fourth-order valence-electron chi connectivity index (χ4n) is 2.04. The summed E-state index contributed by atoms with van der Waals surface area (Å²) in [4.78, 5) is 16.3. The van der Waals surface area contributed by atoms with Gasteiger partial charge < -0.3 is 5.32 Å². The summed E-state index contributed by atoms with van der Waals surface area (Å²) in [6.45, 7) is 2.06. The second kappa shape index (κ2) is 4.52. The predicted molar refractivity (Wildman–Crippen MR) is 74.3 cm³/mol. The fourth-order valence-corrected chi connectivity index (χ4v) is 3.06. The highest BCUT2D eigenvalue weighted by Gasteiger charge is 2.29. The maximum atomic E-state index is 12.1. The van der Waals surface area contributed by atoms with E-state index < -0.39 is 0 Å². The average Bonchev–Trinajstić information content (AvgIpc) is 3.10. The minimum Gasteiger partial charge on any atom is -0.349 e. The van der Waals surface area contributed by atoms with Gasteiger partial charge >= 0.3 is 0 Å². The zero-order chi connectivity index (χ0) is 12.7. The Morgan fingerprint density at radius 1 is 1.56 bits per heavy atom. The highest BCUT2D eigenvalue weighted by molar-refractivity contribution is 7.22. The van der Waals surface area contributed by atoms with Crippen molar-refractivity contribution in [1.82, 2.24) is 10.3 Å². The molecule has 3 nitrogen and oxygen atoms in total. The molecule has 1 amide bonds. The van der Waals surface area contributed by atoms with Crippen molar-refractivity contribution < 1.29 is 4.79 Å². The number of fused-ring (bicyclic) bond motifs is 1. The normalized spacial score (nSPS) is 16.8. The summed E-state index contributed by atoms with van der Waals surface area (Å²) in [6.07, 6.45) is 2.45. The van der Waals surface area contributed by atoms with E-state index >= 15 is 0 Å². The molecule has 1 atom stereocenters. The molecule has 1 heterocycles. The van der Waals surface area contributed by atoms with Crippen LogP contribution in [0.1, 0.15) is 30.1 Å². The van der Waals surface area contributed by atoms with E-state index in [0.717, 1.165) is 10.2 Å². The highest BCUT2D eigenvalue weighted by atomic mass is 35.5. The number of hydrogen-bond donors (Lipinski definition) is 1. The molecule has 1 aromatic carbocycles. The molecular weight excluding hydrogens is 268 g/mol. The molecule has 1 aliphatic carbocycles. The number of benzene rings is 1. The smallest absolute Gasteiger partial charge is 0.251 e. The van der Waals surface area contributed by atoms with Gasteiger partial charge in [0, 0.05) is 11.6 Å². The monoisotopic (exact) mass is 280 g/mol. The van der Waals surface area contributed by atoms with Crippen LogP contribution in [0.3, 0.4) is 0 Å². The molecule has 0 bridgehead atoms. The van der Waals surface area contributed by atoms with Crippen LogP contribution in [0.15, 0.2) is 18.2 Å². The maximum Gasteiger partial charge on any atom is 0.251 e. The zero-order valence-electron chi connectivity index (χ0n) is 9.94. The second-order valence-corrected chi connectivity index (χ2v) is 6.36. The quantitative estimate of drug-likeness (QED) is 0.935. The van der Waals surface area contributed by atoms with Crippen LogP contribution in [0.25, 0.3) is 10.2 Å². The first-order chi connectivity index (χ1) is 8.63. The van der Waals surface area contributed by atoms with Crippen LogP contribution in [-0.2, 0) is 0 Å². The first-order valence-corrected chi connectivity index (χ1v) is 7.20. The number of nitrogens with one attached hydrogen (secondary N) is 1. The Labute approximate surface area is 114 Å². The second-order valence-electron chi connectivity index (χ2n) is 4.75. The lowest BCUT2D eigenvalue weighted by Crippen LogP contribution is -2.33. The third-order valence-corrected chi connectivity index (χ3v) is 4.45. The van der Waals surface area contributed by atoms with Gasteiger partial charge in [0.1, 0.15) is 0 Å². The minimum absolute atomic E-state index is 0.0274. The first kappa shape index (κ1) is 11.9. The van der Waals surface area contributed by atoms with Gasteiger partial charge in [-0.1, -0.05) is 11.6 Å². The lowest BCUT2D eigenvalue weighted by molar-refractivity contribution is 0.0936. The highest BCUT2D eigenvalue weighted by Crippen LogP contribution is 2.32. The van der Waals surface area contributed by atoms with Gasteiger partial charge in [-0.15, -0.1) is 11.3 Å². The molecule has 2 aromatic rings. The van der Waals surface area contributed by atoms with Gasteiger partial charge in [0.05, 0.1) is 10.2 Å². The molecule has 3 rings (SSSR count). The van der Waals surface area contributed by atoms with Crippen LogP contribution in [0, 0.1) is 5.92 Å². The standard InChI is InChI=1S/C13H13ClN2OS/c1-7(8-2-3-8)15-12(17)9-4-5-11-10(6-9)16-13(14)18-11/h4-8H,2-3H2,1H3,(H,15,17)/t7-/m1/s1. The lowest BCUT2D eigenvalue weighted by Gasteiger charge is -2.12. The molecule has 0 saturated heterocycles. The Kier molecular flexibility index (Phi) is 2.99. The SMILES string of the molecule is C[C@@H](NC(=O)c1ccc2sc(Cl)nc2c1)C1CC1. The molecule has 18 heavy (non-hydrogen) atoms. The summed E-state index contributed by atoms with van der Waals surface area (Å²) < 4.78 is 1.51. The number of nitrogens with zero attached hydrogens (tertiary/aromatic N) is 1. The van der Waals surface area contributed by atoms with Gasteiger partial charge in [-0.25, -0.2) is 4.98 Å². The van der Waals surface area contributed by atoms with Crippen molar-refractivity contribution in [2.24, 2.45) is 5.92 Å². The summed E-state index contributed by atoms with van der Waals surface area (Å²) in [5, 5.41) is 3.03. The van der Waals surface area contributed by atoms with Crippen LogP contribution >= 0.6 is 22.9 Å². The van der Waals surface area contributed by atoms with Crippen LogP contribution < -0.4 is 5.32 Å². The summed E-state index contributed by atoms with van der Waals surface area (Å²) >= 11 is 7.28. The van der Waals surface area contributed by atoms with Crippen molar-refractivity contribution in [3.8, 4) is 0 Å². The molecule has 1 aliphatic rings. The van der Waals surface area contributed by atoms with E-state index in [2.05, 4.69) is 17.2 Å². The minimum atomic E-state index is -0.0274. The van der Waals surface area contributed by atoms with E-state index in [4.69, 9.17) is 11.6 Å². The van der Waals surface area contributed by atoms with Crippen molar-refractivity contribution >= 4 is 39.1 Å². The van der Waals surface area contributed by atoms with Crippen LogP contribution in [0.5, 0.6) is 0 Å². The van der Waals surface area contributed by atoms with Gasteiger partial charge in [0.2, 0.25) is 0 Å². The zero-order valence-corrected chi connectivity index (χ0v) is 11.5. The molecule has 1 N–H and O–H groups in total. The molecule has 94 valence electrons. The molecule has 0 spiro atoms. The van der Waals surface area contributed by atoms with Crippen molar-refractivity contribution in [2.45, 2.75) is 25.8 Å². The molecule has 1 fully saturated rings. The van der Waals surface area contributed by atoms with Gasteiger partial charge in [0.25, 0.3) is 5.91 Å². The number of carbonyl (C=O) groups excluding carboxylic acids is 1. The number of carbonyl (C=O) groups is 1. The van der Waals surface area contributed by atoms with Gasteiger partial charge in [-0.05, 0) is 43.9 Å². The number of halogens is 1. The lowest BCUT2D eigenvalue weighted by atomic mass is 10.1. The number of hydrogen-bond acceptors (Lipinski definition) is 3. The molecule has 0 unspecified atom stereocenters. The molecule has 0 radical (unpaired) electrons. The molecule has 5 heteroatoms. The van der Waals surface area contributed by atoms with Gasteiger partial charge in [0.15, 0.2) is 4.47 Å². The third kappa shape index (κ3) is 2.35. The van der Waals surface area contributed by atoms with E-state index in [1.165, 1.54) is 24.2 Å². The summed E-state index contributed by atoms with van der Waals surface area (Å²) in [7, 11) is 0. The van der Waals surface area contributed by atoms with E-state index in [9.17, 15) is 4.79 Å². The Morgan fingerprint density at radius 3 is 3.06 bits per heavy atom. The molecular formula is C13H13ClN2OS. The number of amides is 1. The summed E-state index contributed by atoms with van der Waals surface area (Å²) in [5.74, 6) is 0.631. The van der Waals surface area contributed by atoms with Crippen LogP contribution in [0.4, 0.5) is 0 Å². The van der Waals surface area contributed by atoms with Gasteiger partial charge in [-0.3, -0.25) is 4.79 Å². The Bertz CT molecular complexity index is 606. The molecule has 0 aliphatic heterocycles. The largest absolute Gasteiger partial charge is 0.349 e. The van der Waals surface area contributed by atoms with Gasteiger partial charge in [-0.2, -0.15) is 0 Å². The van der Waals surface area contributed by atoms with E-state index in [0.29, 0.717) is 15.9 Å².